The van der Waals surface area contributed by atoms with Gasteiger partial charge in [-0.1, -0.05) is 12.1 Å². The first-order valence-corrected chi connectivity index (χ1v) is 11.3. The zero-order chi connectivity index (χ0) is 23.6. The van der Waals surface area contributed by atoms with E-state index in [4.69, 9.17) is 4.74 Å². The van der Waals surface area contributed by atoms with E-state index in [0.717, 1.165) is 50.7 Å². The van der Waals surface area contributed by atoms with Crippen molar-refractivity contribution in [2.24, 2.45) is 4.99 Å². The number of guanidine groups is 1. The van der Waals surface area contributed by atoms with Gasteiger partial charge in [-0.05, 0) is 78.1 Å². The monoisotopic (exact) mass is 570 g/mol. The Bertz CT molecular complexity index is 887. The van der Waals surface area contributed by atoms with Gasteiger partial charge in [0.05, 0.1) is 5.69 Å². The summed E-state index contributed by atoms with van der Waals surface area (Å²) in [4.78, 5) is 16.5. The van der Waals surface area contributed by atoms with Gasteiger partial charge in [0.15, 0.2) is 5.96 Å². The Hall–Kier alpha value is -2.30. The average Bonchev–Trinajstić information content (AvgIpc) is 3.02. The van der Waals surface area contributed by atoms with Crippen LogP contribution < -0.4 is 16.0 Å². The number of aliphatic imine (C=N–C) groups is 1. The molecule has 1 aromatic carbocycles. The lowest BCUT2D eigenvalue weighted by Gasteiger charge is -2.19. The fourth-order valence-electron chi connectivity index (χ4n) is 3.16. The van der Waals surface area contributed by atoms with Gasteiger partial charge in [0, 0.05) is 37.6 Å². The third-order valence-electron chi connectivity index (χ3n) is 4.55. The molecule has 0 atom stereocenters. The summed E-state index contributed by atoms with van der Waals surface area (Å²) in [5, 5.41) is 13.9. The van der Waals surface area contributed by atoms with Gasteiger partial charge < -0.3 is 15.4 Å². The summed E-state index contributed by atoms with van der Waals surface area (Å²) in [7, 11) is 0. The van der Waals surface area contributed by atoms with Gasteiger partial charge in [-0.3, -0.25) is 15.0 Å². The average molecular weight is 571 g/mol. The summed E-state index contributed by atoms with van der Waals surface area (Å²) in [5.74, 6) is 0.823. The molecule has 0 unspecified atom stereocenters. The van der Waals surface area contributed by atoms with E-state index in [0.29, 0.717) is 5.69 Å². The molecule has 0 saturated carbocycles. The van der Waals surface area contributed by atoms with E-state index < -0.39 is 11.7 Å². The van der Waals surface area contributed by atoms with E-state index in [-0.39, 0.29) is 24.0 Å². The molecular formula is C24H39IN6O2. The molecule has 0 aliphatic heterocycles. The predicted octanol–water partition coefficient (Wildman–Crippen LogP) is 4.65. The number of halogens is 1. The third-order valence-corrected chi connectivity index (χ3v) is 4.55. The zero-order valence-corrected chi connectivity index (χ0v) is 23.0. The van der Waals surface area contributed by atoms with Crippen LogP contribution in [0, 0.1) is 13.8 Å². The highest BCUT2D eigenvalue weighted by Crippen LogP contribution is 2.13. The smallest absolute Gasteiger partial charge is 0.412 e. The minimum Gasteiger partial charge on any atom is -0.444 e. The quantitative estimate of drug-likeness (QED) is 0.177. The minimum atomic E-state index is -0.515. The van der Waals surface area contributed by atoms with E-state index >= 15 is 0 Å². The summed E-state index contributed by atoms with van der Waals surface area (Å²) in [6.07, 6.45) is 1.34. The number of benzene rings is 1. The van der Waals surface area contributed by atoms with Gasteiger partial charge in [0.1, 0.15) is 5.60 Å². The Labute approximate surface area is 215 Å². The second-order valence-electron chi connectivity index (χ2n) is 8.77. The van der Waals surface area contributed by atoms with Crippen LogP contribution in [0.3, 0.4) is 0 Å². The predicted molar refractivity (Wildman–Crippen MR) is 146 cm³/mol. The summed E-state index contributed by atoms with van der Waals surface area (Å²) in [6, 6.07) is 9.88. The van der Waals surface area contributed by atoms with E-state index in [2.05, 4.69) is 46.0 Å². The van der Waals surface area contributed by atoms with Crippen LogP contribution in [-0.4, -0.2) is 47.1 Å². The Morgan fingerprint density at radius 1 is 1.15 bits per heavy atom. The van der Waals surface area contributed by atoms with Crippen molar-refractivity contribution in [2.45, 2.75) is 66.5 Å². The molecule has 0 radical (unpaired) electrons. The number of ether oxygens (including phenoxy) is 1. The van der Waals surface area contributed by atoms with Crippen molar-refractivity contribution in [3.05, 3.63) is 47.3 Å². The number of aryl methyl sites for hydroxylation is 3. The lowest BCUT2D eigenvalue weighted by atomic mass is 10.1. The number of anilines is 1. The minimum absolute atomic E-state index is 0. The lowest BCUT2D eigenvalue weighted by molar-refractivity contribution is 0.0636. The number of nitrogens with one attached hydrogen (secondary N) is 3. The Morgan fingerprint density at radius 3 is 2.42 bits per heavy atom. The Kier molecular flexibility index (Phi) is 12.2. The van der Waals surface area contributed by atoms with Crippen LogP contribution in [0.5, 0.6) is 0 Å². The molecule has 9 heteroatoms. The molecule has 8 nitrogen and oxygen atoms in total. The molecule has 1 aromatic heterocycles. The summed E-state index contributed by atoms with van der Waals surface area (Å²) >= 11 is 0. The van der Waals surface area contributed by atoms with Crippen LogP contribution in [0.25, 0.3) is 0 Å². The first-order chi connectivity index (χ1) is 15.2. The SMILES string of the molecule is CCNC(=NCCCn1nc(C)cc1C)NCCc1ccc(NC(=O)OC(C)(C)C)cc1.I. The van der Waals surface area contributed by atoms with Crippen LogP contribution in [-0.2, 0) is 17.7 Å². The molecule has 184 valence electrons. The topological polar surface area (TPSA) is 92.6 Å². The lowest BCUT2D eigenvalue weighted by Crippen LogP contribution is -2.38. The number of rotatable bonds is 9. The highest BCUT2D eigenvalue weighted by molar-refractivity contribution is 14.0. The van der Waals surface area contributed by atoms with Crippen molar-refractivity contribution in [3.63, 3.8) is 0 Å². The largest absolute Gasteiger partial charge is 0.444 e. The molecule has 1 heterocycles. The first kappa shape index (κ1) is 28.7. The van der Waals surface area contributed by atoms with Crippen LogP contribution in [0.15, 0.2) is 35.3 Å². The van der Waals surface area contributed by atoms with Gasteiger partial charge in [0.2, 0.25) is 0 Å². The zero-order valence-electron chi connectivity index (χ0n) is 20.7. The van der Waals surface area contributed by atoms with Crippen LogP contribution >= 0.6 is 24.0 Å². The van der Waals surface area contributed by atoms with Crippen LogP contribution in [0.2, 0.25) is 0 Å². The normalized spacial score (nSPS) is 11.5. The first-order valence-electron chi connectivity index (χ1n) is 11.3. The van der Waals surface area contributed by atoms with Crippen molar-refractivity contribution >= 4 is 41.7 Å². The molecule has 0 fully saturated rings. The van der Waals surface area contributed by atoms with Crippen molar-refractivity contribution in [2.75, 3.05) is 25.0 Å². The van der Waals surface area contributed by atoms with Crippen LogP contribution in [0.4, 0.5) is 10.5 Å². The molecule has 1 amide bonds. The number of amides is 1. The molecule has 3 N–H and O–H groups in total. The fourth-order valence-corrected chi connectivity index (χ4v) is 3.16. The van der Waals surface area contributed by atoms with Gasteiger partial charge >= 0.3 is 6.09 Å². The molecule has 2 aromatic rings. The van der Waals surface area contributed by atoms with E-state index in [9.17, 15) is 4.79 Å². The Balaban J connectivity index is 0.00000544. The van der Waals surface area contributed by atoms with Gasteiger partial charge in [-0.15, -0.1) is 24.0 Å². The maximum atomic E-state index is 11.9. The molecule has 33 heavy (non-hydrogen) atoms. The summed E-state index contributed by atoms with van der Waals surface area (Å²) in [5.41, 5.74) is 3.61. The number of hydrogen-bond acceptors (Lipinski definition) is 4. The Morgan fingerprint density at radius 2 is 1.85 bits per heavy atom. The van der Waals surface area contributed by atoms with Crippen molar-refractivity contribution < 1.29 is 9.53 Å². The van der Waals surface area contributed by atoms with Crippen molar-refractivity contribution in [3.8, 4) is 0 Å². The van der Waals surface area contributed by atoms with E-state index in [1.54, 1.807) is 0 Å². The molecule has 0 saturated heterocycles. The van der Waals surface area contributed by atoms with Gasteiger partial charge in [0.25, 0.3) is 0 Å². The van der Waals surface area contributed by atoms with Crippen molar-refractivity contribution in [1.29, 1.82) is 0 Å². The molecular weight excluding hydrogens is 531 g/mol. The summed E-state index contributed by atoms with van der Waals surface area (Å²) in [6.45, 7) is 14.9. The molecule has 2 rings (SSSR count). The highest BCUT2D eigenvalue weighted by Gasteiger charge is 2.16. The standard InChI is InChI=1S/C24H38N6O2.HI/c1-7-25-22(26-14-8-16-30-19(3)17-18(2)29-30)27-15-13-20-9-11-21(12-10-20)28-23(31)32-24(4,5)6;/h9-12,17H,7-8,13-16H2,1-6H3,(H,28,31)(H2,25,26,27);1H. The second kappa shape index (κ2) is 14.1. The number of carbonyl (C=O) groups is 1. The number of carbonyl (C=O) groups excluding carboxylic acids is 1. The molecule has 0 aliphatic carbocycles. The number of nitrogens with zero attached hydrogens (tertiary/aromatic N) is 3. The molecule has 0 spiro atoms. The van der Waals surface area contributed by atoms with Crippen molar-refractivity contribution in [1.82, 2.24) is 20.4 Å². The van der Waals surface area contributed by atoms with E-state index in [1.807, 2.05) is 56.6 Å². The third kappa shape index (κ3) is 11.4. The maximum Gasteiger partial charge on any atom is 0.412 e. The number of hydrogen-bond donors (Lipinski definition) is 3. The second-order valence-corrected chi connectivity index (χ2v) is 8.77. The molecule has 0 bridgehead atoms. The highest BCUT2D eigenvalue weighted by atomic mass is 127. The van der Waals surface area contributed by atoms with Gasteiger partial charge in [-0.2, -0.15) is 5.10 Å². The fraction of sp³-hybridized carbons (Fsp3) is 0.542. The number of aromatic nitrogens is 2. The maximum absolute atomic E-state index is 11.9. The van der Waals surface area contributed by atoms with Gasteiger partial charge in [-0.25, -0.2) is 4.79 Å². The molecule has 0 aliphatic rings. The van der Waals surface area contributed by atoms with E-state index in [1.165, 1.54) is 11.3 Å². The summed E-state index contributed by atoms with van der Waals surface area (Å²) < 4.78 is 7.31. The van der Waals surface area contributed by atoms with Crippen LogP contribution in [0.1, 0.15) is 51.1 Å².